The fraction of sp³-hybridized carbons (Fsp3) is 0.409. The molecule has 0 bridgehead atoms. The third-order valence-corrected chi connectivity index (χ3v) is 6.07. The van der Waals surface area contributed by atoms with Crippen molar-refractivity contribution in [2.75, 3.05) is 35.2 Å². The Bertz CT molecular complexity index is 1200. The average molecular weight is 492 g/mol. The minimum Gasteiger partial charge on any atom is -0.466 e. The minimum absolute atomic E-state index is 0.00875. The van der Waals surface area contributed by atoms with E-state index in [1.165, 1.54) is 12.1 Å². The zero-order valence-electron chi connectivity index (χ0n) is 18.3. The van der Waals surface area contributed by atoms with Crippen LogP contribution in [0, 0.1) is 11.7 Å². The summed E-state index contributed by atoms with van der Waals surface area (Å²) in [5.74, 6) is -3.32. The van der Waals surface area contributed by atoms with Crippen LogP contribution in [-0.4, -0.2) is 47.4 Å². The van der Waals surface area contributed by atoms with E-state index in [0.29, 0.717) is 25.9 Å². The number of benzene rings is 1. The minimum atomic E-state index is -1.11. The van der Waals surface area contributed by atoms with Crippen molar-refractivity contribution < 1.29 is 23.5 Å². The molecule has 34 heavy (non-hydrogen) atoms. The van der Waals surface area contributed by atoms with Crippen molar-refractivity contribution in [3.63, 3.8) is 0 Å². The van der Waals surface area contributed by atoms with Crippen molar-refractivity contribution in [3.05, 3.63) is 45.0 Å². The number of hydrogen-bond acceptors (Lipinski definition) is 7. The third kappa shape index (κ3) is 4.89. The maximum Gasteiger partial charge on any atom is 0.310 e. The molecule has 0 spiro atoms. The number of hydrogen-bond donors (Lipinski definition) is 3. The van der Waals surface area contributed by atoms with Crippen molar-refractivity contribution in [2.45, 2.75) is 32.1 Å². The molecule has 1 aromatic heterocycles. The number of nitrogens with one attached hydrogen (secondary N) is 3. The van der Waals surface area contributed by atoms with E-state index in [4.69, 9.17) is 16.3 Å². The van der Waals surface area contributed by atoms with Crippen LogP contribution in [0.4, 0.5) is 21.8 Å². The second-order valence-electron chi connectivity index (χ2n) is 8.11. The van der Waals surface area contributed by atoms with Crippen LogP contribution in [0.5, 0.6) is 0 Å². The second kappa shape index (κ2) is 9.80. The van der Waals surface area contributed by atoms with Gasteiger partial charge in [-0.1, -0.05) is 11.6 Å². The molecule has 3 heterocycles. The van der Waals surface area contributed by atoms with E-state index in [1.807, 2.05) is 0 Å². The Balaban J connectivity index is 1.59. The zero-order chi connectivity index (χ0) is 24.4. The molecule has 2 aliphatic heterocycles. The highest BCUT2D eigenvalue weighted by Crippen LogP contribution is 2.31. The molecule has 0 aliphatic carbocycles. The predicted molar refractivity (Wildman–Crippen MR) is 122 cm³/mol. The number of carbonyl (C=O) groups is 3. The summed E-state index contributed by atoms with van der Waals surface area (Å²) in [4.78, 5) is 59.2. The first kappa shape index (κ1) is 23.7. The number of fused-ring (bicyclic) bond motifs is 1. The Kier molecular flexibility index (Phi) is 6.82. The summed E-state index contributed by atoms with van der Waals surface area (Å²) in [6.45, 7) is 2.88. The molecule has 3 N–H and O–H groups in total. The number of rotatable bonds is 5. The van der Waals surface area contributed by atoms with E-state index in [0.717, 1.165) is 6.07 Å². The van der Waals surface area contributed by atoms with Gasteiger partial charge < -0.3 is 20.3 Å². The molecule has 2 aliphatic rings. The number of piperidine rings is 1. The Morgan fingerprint density at radius 1 is 1.35 bits per heavy atom. The summed E-state index contributed by atoms with van der Waals surface area (Å²) < 4.78 is 18.5. The van der Waals surface area contributed by atoms with Gasteiger partial charge in [-0.25, -0.2) is 4.39 Å². The van der Waals surface area contributed by atoms with Crippen molar-refractivity contribution >= 4 is 46.8 Å². The summed E-state index contributed by atoms with van der Waals surface area (Å²) in [6.07, 6.45) is 1.10. The maximum atomic E-state index is 13.4. The Labute approximate surface area is 198 Å². The molecule has 1 saturated heterocycles. The van der Waals surface area contributed by atoms with Crippen LogP contribution in [0.25, 0.3) is 0 Å². The number of aromatic nitrogens is 2. The highest BCUT2D eigenvalue weighted by atomic mass is 35.5. The predicted octanol–water partition coefficient (Wildman–Crippen LogP) is 2.41. The van der Waals surface area contributed by atoms with Gasteiger partial charge in [-0.15, -0.1) is 0 Å². The van der Waals surface area contributed by atoms with Gasteiger partial charge in [0.15, 0.2) is 0 Å². The molecule has 2 atom stereocenters. The Morgan fingerprint density at radius 3 is 2.88 bits per heavy atom. The van der Waals surface area contributed by atoms with E-state index in [1.54, 1.807) is 11.8 Å². The van der Waals surface area contributed by atoms with Crippen molar-refractivity contribution in [1.29, 1.82) is 0 Å². The average Bonchev–Trinajstić information content (AvgIpc) is 2.80. The lowest BCUT2D eigenvalue weighted by molar-refractivity contribution is -0.148. The quantitative estimate of drug-likeness (QED) is 0.547. The number of aromatic amines is 1. The van der Waals surface area contributed by atoms with Crippen LogP contribution < -0.4 is 21.1 Å². The van der Waals surface area contributed by atoms with Gasteiger partial charge >= 0.3 is 5.97 Å². The topological polar surface area (TPSA) is 133 Å². The molecule has 1 aromatic carbocycles. The largest absolute Gasteiger partial charge is 0.466 e. The van der Waals surface area contributed by atoms with Crippen LogP contribution in [-0.2, 0) is 19.1 Å². The molecule has 180 valence electrons. The highest BCUT2D eigenvalue weighted by molar-refractivity contribution is 6.31. The van der Waals surface area contributed by atoms with Crippen LogP contribution >= 0.6 is 11.6 Å². The van der Waals surface area contributed by atoms with Crippen LogP contribution in [0.15, 0.2) is 23.0 Å². The zero-order valence-corrected chi connectivity index (χ0v) is 19.1. The first-order valence-electron chi connectivity index (χ1n) is 10.9. The molecule has 2 aromatic rings. The van der Waals surface area contributed by atoms with E-state index in [-0.39, 0.29) is 53.0 Å². The number of H-pyrrole nitrogens is 1. The van der Waals surface area contributed by atoms with E-state index < -0.39 is 29.1 Å². The summed E-state index contributed by atoms with van der Waals surface area (Å²) >= 11 is 5.76. The number of carbonyl (C=O) groups excluding carboxylic acids is 3. The first-order valence-corrected chi connectivity index (χ1v) is 11.3. The van der Waals surface area contributed by atoms with Gasteiger partial charge in [0.05, 0.1) is 29.0 Å². The normalized spacial score (nSPS) is 19.7. The van der Waals surface area contributed by atoms with Gasteiger partial charge in [0.1, 0.15) is 11.6 Å². The molecule has 0 unspecified atom stereocenters. The Morgan fingerprint density at radius 2 is 2.15 bits per heavy atom. The molecule has 0 radical (unpaired) electrons. The fourth-order valence-corrected chi connectivity index (χ4v) is 4.34. The van der Waals surface area contributed by atoms with Crippen molar-refractivity contribution in [1.82, 2.24) is 9.97 Å². The maximum absolute atomic E-state index is 13.4. The van der Waals surface area contributed by atoms with Gasteiger partial charge in [0, 0.05) is 25.2 Å². The number of halogens is 2. The second-order valence-corrected chi connectivity index (χ2v) is 8.52. The van der Waals surface area contributed by atoms with Crippen molar-refractivity contribution in [2.24, 2.45) is 5.92 Å². The molecular formula is C22H23ClFN5O5. The molecule has 2 amide bonds. The number of anilines is 3. The van der Waals surface area contributed by atoms with E-state index in [2.05, 4.69) is 20.6 Å². The smallest absolute Gasteiger partial charge is 0.310 e. The summed E-state index contributed by atoms with van der Waals surface area (Å²) in [5, 5.41) is 4.95. The monoisotopic (exact) mass is 491 g/mol. The van der Waals surface area contributed by atoms with Crippen LogP contribution in [0.3, 0.4) is 0 Å². The van der Waals surface area contributed by atoms with Gasteiger partial charge in [0.25, 0.3) is 5.56 Å². The summed E-state index contributed by atoms with van der Waals surface area (Å²) in [5.41, 5.74) is -0.327. The third-order valence-electron chi connectivity index (χ3n) is 5.78. The lowest BCUT2D eigenvalue weighted by atomic mass is 9.92. The number of nitrogens with zero attached hydrogens (tertiary/aromatic N) is 2. The fourth-order valence-electron chi connectivity index (χ4n) is 4.16. The SMILES string of the molecule is CCOC(=O)[C@@H]1CCCN(c2nc3c(c(=O)[nH]2)[C@H](C(=O)Nc2ccc(F)c(Cl)c2)CC(=O)N3)C1. The van der Waals surface area contributed by atoms with Gasteiger partial charge in [-0.3, -0.25) is 24.2 Å². The summed E-state index contributed by atoms with van der Waals surface area (Å²) in [6, 6.07) is 3.66. The van der Waals surface area contributed by atoms with Gasteiger partial charge in [-0.05, 0) is 38.0 Å². The highest BCUT2D eigenvalue weighted by Gasteiger charge is 2.36. The van der Waals surface area contributed by atoms with Crippen molar-refractivity contribution in [3.8, 4) is 0 Å². The molecule has 12 heteroatoms. The molecule has 0 saturated carbocycles. The molecule has 4 rings (SSSR count). The molecular weight excluding hydrogens is 469 g/mol. The lowest BCUT2D eigenvalue weighted by Gasteiger charge is -2.32. The molecule has 1 fully saturated rings. The van der Waals surface area contributed by atoms with Gasteiger partial charge in [0.2, 0.25) is 17.8 Å². The number of amides is 2. The first-order chi connectivity index (χ1) is 16.3. The number of ether oxygens (including phenoxy) is 1. The van der Waals surface area contributed by atoms with Crippen LogP contribution in [0.2, 0.25) is 5.02 Å². The number of esters is 1. The van der Waals surface area contributed by atoms with Crippen LogP contribution in [0.1, 0.15) is 37.7 Å². The van der Waals surface area contributed by atoms with E-state index in [9.17, 15) is 23.6 Å². The van der Waals surface area contributed by atoms with E-state index >= 15 is 0 Å². The standard InChI is InChI=1S/C22H23ClFN5O5/c1-2-34-21(33)11-4-3-7-29(10-11)22-27-18-17(20(32)28-22)13(9-16(30)26-18)19(31)25-12-5-6-15(24)14(23)8-12/h5-6,8,11,13H,2-4,7,9-10H2,1H3,(H,25,31)(H2,26,27,28,30,32)/t11-,13-/m1/s1. The lowest BCUT2D eigenvalue weighted by Crippen LogP contribution is -2.42. The summed E-state index contributed by atoms with van der Waals surface area (Å²) in [7, 11) is 0. The molecule has 10 nitrogen and oxygen atoms in total. The Hall–Kier alpha value is -3.47. The van der Waals surface area contributed by atoms with Gasteiger partial charge in [-0.2, -0.15) is 4.98 Å².